The van der Waals surface area contributed by atoms with Crippen molar-refractivity contribution in [1.82, 2.24) is 4.90 Å². The van der Waals surface area contributed by atoms with Crippen LogP contribution in [0.25, 0.3) is 0 Å². The summed E-state index contributed by atoms with van der Waals surface area (Å²) in [5.74, 6) is -0.474. The Balaban J connectivity index is 2.10. The van der Waals surface area contributed by atoms with E-state index in [-0.39, 0.29) is 17.8 Å². The summed E-state index contributed by atoms with van der Waals surface area (Å²) in [7, 11) is 1.70. The van der Waals surface area contributed by atoms with Crippen LogP contribution >= 0.6 is 0 Å². The van der Waals surface area contributed by atoms with Crippen molar-refractivity contribution in [2.75, 3.05) is 20.2 Å². The van der Waals surface area contributed by atoms with Gasteiger partial charge >= 0.3 is 0 Å². The van der Waals surface area contributed by atoms with Gasteiger partial charge in [0, 0.05) is 32.3 Å². The van der Waals surface area contributed by atoms with Crippen LogP contribution in [0.4, 0.5) is 4.39 Å². The summed E-state index contributed by atoms with van der Waals surface area (Å²) in [6.45, 7) is 2.39. The number of methoxy groups -OCH3 is 1. The van der Waals surface area contributed by atoms with Crippen LogP contribution in [0.3, 0.4) is 0 Å². The molecule has 104 valence electrons. The predicted octanol–water partition coefficient (Wildman–Crippen LogP) is 1.14. The zero-order valence-electron chi connectivity index (χ0n) is 10.8. The second-order valence-electron chi connectivity index (χ2n) is 4.71. The maximum atomic E-state index is 13.5. The summed E-state index contributed by atoms with van der Waals surface area (Å²) in [5, 5.41) is 11.5. The average Bonchev–Trinajstić information content (AvgIpc) is 2.84. The van der Waals surface area contributed by atoms with Crippen molar-refractivity contribution in [2.24, 2.45) is 10.9 Å². The van der Waals surface area contributed by atoms with Gasteiger partial charge in [-0.3, -0.25) is 4.90 Å². The van der Waals surface area contributed by atoms with Gasteiger partial charge in [-0.25, -0.2) is 4.39 Å². The standard InChI is InChI=1S/C13H18FN3O2/c1-19-12-2-3-17(8-12)7-9-4-10(13(15)16-18)6-11(14)5-9/h4-6,12,18H,2-3,7-8H2,1H3,(H2,15,16). The third-order valence-corrected chi connectivity index (χ3v) is 3.33. The van der Waals surface area contributed by atoms with Crippen molar-refractivity contribution < 1.29 is 14.3 Å². The van der Waals surface area contributed by atoms with E-state index >= 15 is 0 Å². The SMILES string of the molecule is COC1CCN(Cc2cc(F)cc(/C(N)=N/O)c2)C1. The first-order valence-electron chi connectivity index (χ1n) is 6.15. The maximum absolute atomic E-state index is 13.5. The van der Waals surface area contributed by atoms with Crippen LogP contribution in [-0.4, -0.2) is 42.2 Å². The molecule has 6 heteroatoms. The van der Waals surface area contributed by atoms with E-state index in [9.17, 15) is 4.39 Å². The number of nitrogens with zero attached hydrogens (tertiary/aromatic N) is 2. The van der Waals surface area contributed by atoms with Crippen LogP contribution in [0, 0.1) is 5.82 Å². The lowest BCUT2D eigenvalue weighted by Gasteiger charge is -2.16. The summed E-state index contributed by atoms with van der Waals surface area (Å²) in [6.07, 6.45) is 1.23. The molecule has 0 saturated carbocycles. The number of rotatable bonds is 4. The number of likely N-dealkylation sites (tertiary alicyclic amines) is 1. The molecule has 0 amide bonds. The van der Waals surface area contributed by atoms with Gasteiger partial charge in [0.25, 0.3) is 0 Å². The quantitative estimate of drug-likeness (QED) is 0.371. The molecule has 1 aromatic carbocycles. The van der Waals surface area contributed by atoms with Crippen LogP contribution in [-0.2, 0) is 11.3 Å². The fraction of sp³-hybridized carbons (Fsp3) is 0.462. The zero-order valence-corrected chi connectivity index (χ0v) is 10.8. The van der Waals surface area contributed by atoms with Crippen LogP contribution in [0.1, 0.15) is 17.5 Å². The molecular formula is C13H18FN3O2. The lowest BCUT2D eigenvalue weighted by Crippen LogP contribution is -2.23. The first-order chi connectivity index (χ1) is 9.12. The highest BCUT2D eigenvalue weighted by Gasteiger charge is 2.22. The minimum Gasteiger partial charge on any atom is -0.409 e. The minimum absolute atomic E-state index is 0.0862. The van der Waals surface area contributed by atoms with Gasteiger partial charge in [0.1, 0.15) is 5.82 Å². The highest BCUT2D eigenvalue weighted by molar-refractivity contribution is 5.97. The number of amidine groups is 1. The highest BCUT2D eigenvalue weighted by Crippen LogP contribution is 2.17. The smallest absolute Gasteiger partial charge is 0.170 e. The molecule has 3 N–H and O–H groups in total. The second-order valence-corrected chi connectivity index (χ2v) is 4.71. The fourth-order valence-electron chi connectivity index (χ4n) is 2.34. The molecule has 1 aromatic rings. The molecule has 1 unspecified atom stereocenters. The molecule has 0 spiro atoms. The largest absolute Gasteiger partial charge is 0.409 e. The van der Waals surface area contributed by atoms with Crippen molar-refractivity contribution in [3.8, 4) is 0 Å². The summed E-state index contributed by atoms with van der Waals surface area (Å²) in [6, 6.07) is 4.45. The van der Waals surface area contributed by atoms with E-state index in [1.54, 1.807) is 13.2 Å². The van der Waals surface area contributed by atoms with E-state index in [2.05, 4.69) is 10.1 Å². The Morgan fingerprint density at radius 3 is 3.00 bits per heavy atom. The molecule has 19 heavy (non-hydrogen) atoms. The van der Waals surface area contributed by atoms with Crippen molar-refractivity contribution in [2.45, 2.75) is 19.1 Å². The van der Waals surface area contributed by atoms with E-state index in [1.165, 1.54) is 12.1 Å². The lowest BCUT2D eigenvalue weighted by atomic mass is 10.1. The van der Waals surface area contributed by atoms with Crippen molar-refractivity contribution in [3.05, 3.63) is 35.1 Å². The Kier molecular flexibility index (Phi) is 4.34. The molecule has 1 aliphatic rings. The summed E-state index contributed by atoms with van der Waals surface area (Å²) in [5.41, 5.74) is 6.68. The number of benzene rings is 1. The first kappa shape index (κ1) is 13.8. The zero-order chi connectivity index (χ0) is 13.8. The number of hydrogen-bond acceptors (Lipinski definition) is 4. The Labute approximate surface area is 111 Å². The van der Waals surface area contributed by atoms with Gasteiger partial charge in [-0.1, -0.05) is 5.16 Å². The van der Waals surface area contributed by atoms with Crippen LogP contribution in [0.15, 0.2) is 23.4 Å². The summed E-state index contributed by atoms with van der Waals surface area (Å²) < 4.78 is 18.8. The molecular weight excluding hydrogens is 249 g/mol. The number of ether oxygens (including phenoxy) is 1. The van der Waals surface area contributed by atoms with E-state index < -0.39 is 0 Å². The van der Waals surface area contributed by atoms with Crippen LogP contribution < -0.4 is 5.73 Å². The Morgan fingerprint density at radius 1 is 1.58 bits per heavy atom. The van der Waals surface area contributed by atoms with Gasteiger partial charge in [-0.2, -0.15) is 0 Å². The third kappa shape index (κ3) is 3.42. The van der Waals surface area contributed by atoms with Crippen molar-refractivity contribution in [1.29, 1.82) is 0 Å². The topological polar surface area (TPSA) is 71.1 Å². The van der Waals surface area contributed by atoms with Gasteiger partial charge in [-0.15, -0.1) is 0 Å². The summed E-state index contributed by atoms with van der Waals surface area (Å²) >= 11 is 0. The number of hydrogen-bond donors (Lipinski definition) is 2. The predicted molar refractivity (Wildman–Crippen MR) is 69.6 cm³/mol. The Hall–Kier alpha value is -1.66. The maximum Gasteiger partial charge on any atom is 0.170 e. The molecule has 2 rings (SSSR count). The molecule has 5 nitrogen and oxygen atoms in total. The van der Waals surface area contributed by atoms with Gasteiger partial charge < -0.3 is 15.7 Å². The lowest BCUT2D eigenvalue weighted by molar-refractivity contribution is 0.107. The molecule has 1 heterocycles. The molecule has 0 bridgehead atoms. The molecule has 1 aliphatic heterocycles. The fourth-order valence-corrected chi connectivity index (χ4v) is 2.34. The van der Waals surface area contributed by atoms with Crippen molar-refractivity contribution in [3.63, 3.8) is 0 Å². The van der Waals surface area contributed by atoms with Crippen molar-refractivity contribution >= 4 is 5.84 Å². The molecule has 1 saturated heterocycles. The van der Waals surface area contributed by atoms with E-state index in [4.69, 9.17) is 15.7 Å². The average molecular weight is 267 g/mol. The van der Waals surface area contributed by atoms with E-state index in [1.807, 2.05) is 0 Å². The minimum atomic E-state index is -0.387. The van der Waals surface area contributed by atoms with Gasteiger partial charge in [0.05, 0.1) is 6.10 Å². The number of halogens is 1. The van der Waals surface area contributed by atoms with Gasteiger partial charge in [0.2, 0.25) is 0 Å². The molecule has 1 fully saturated rings. The Bertz CT molecular complexity index is 479. The van der Waals surface area contributed by atoms with Gasteiger partial charge in [-0.05, 0) is 30.2 Å². The second kappa shape index (κ2) is 5.99. The van der Waals surface area contributed by atoms with Crippen LogP contribution in [0.5, 0.6) is 0 Å². The molecule has 0 radical (unpaired) electrons. The molecule has 0 aliphatic carbocycles. The van der Waals surface area contributed by atoms with E-state index in [0.717, 1.165) is 25.1 Å². The number of nitrogens with two attached hydrogens (primary N) is 1. The van der Waals surface area contributed by atoms with E-state index in [0.29, 0.717) is 12.1 Å². The van der Waals surface area contributed by atoms with Gasteiger partial charge in [0.15, 0.2) is 5.84 Å². The number of oxime groups is 1. The summed E-state index contributed by atoms with van der Waals surface area (Å²) in [4.78, 5) is 2.19. The third-order valence-electron chi connectivity index (χ3n) is 3.33. The highest BCUT2D eigenvalue weighted by atomic mass is 19.1. The normalized spacial score (nSPS) is 20.9. The molecule has 0 aromatic heterocycles. The van der Waals surface area contributed by atoms with Crippen LogP contribution in [0.2, 0.25) is 0 Å². The molecule has 1 atom stereocenters. The monoisotopic (exact) mass is 267 g/mol. The Morgan fingerprint density at radius 2 is 2.37 bits per heavy atom. The first-order valence-corrected chi connectivity index (χ1v) is 6.15.